The van der Waals surface area contributed by atoms with E-state index in [0.29, 0.717) is 16.1 Å². The fraction of sp³-hybridized carbons (Fsp3) is 0.500. The summed E-state index contributed by atoms with van der Waals surface area (Å²) in [7, 11) is 4.28. The standard InChI is InChI=1S/C14H20ClN3S/c1-17-7-5-11(6-8-17)18(2)13-4-3-10(14(16)19)9-12(13)15/h3-4,9,11H,5-8H2,1-2H3,(H2,16,19). The average Bonchev–Trinajstić information content (AvgIpc) is 2.38. The number of hydrogen-bond donors (Lipinski definition) is 1. The summed E-state index contributed by atoms with van der Waals surface area (Å²) in [6, 6.07) is 6.35. The van der Waals surface area contributed by atoms with Crippen LogP contribution in [0.2, 0.25) is 5.02 Å². The molecule has 1 heterocycles. The number of piperidine rings is 1. The monoisotopic (exact) mass is 297 g/mol. The Bertz CT molecular complexity index is 470. The second kappa shape index (κ2) is 6.07. The zero-order valence-corrected chi connectivity index (χ0v) is 13.0. The molecule has 0 radical (unpaired) electrons. The summed E-state index contributed by atoms with van der Waals surface area (Å²) in [5.74, 6) is 0. The van der Waals surface area contributed by atoms with Crippen molar-refractivity contribution in [3.8, 4) is 0 Å². The van der Waals surface area contributed by atoms with E-state index in [4.69, 9.17) is 29.6 Å². The number of nitrogens with two attached hydrogens (primary N) is 1. The van der Waals surface area contributed by atoms with Crippen LogP contribution in [0, 0.1) is 0 Å². The Morgan fingerprint density at radius 2 is 2.05 bits per heavy atom. The van der Waals surface area contributed by atoms with Gasteiger partial charge in [0.05, 0.1) is 10.7 Å². The van der Waals surface area contributed by atoms with E-state index in [1.165, 1.54) is 12.8 Å². The fourth-order valence-corrected chi connectivity index (χ4v) is 2.97. The molecule has 1 aliphatic heterocycles. The topological polar surface area (TPSA) is 32.5 Å². The summed E-state index contributed by atoms with van der Waals surface area (Å²) in [4.78, 5) is 5.02. The summed E-state index contributed by atoms with van der Waals surface area (Å²) in [6.45, 7) is 2.27. The lowest BCUT2D eigenvalue weighted by atomic mass is 10.0. The minimum absolute atomic E-state index is 0.385. The molecule has 1 aromatic carbocycles. The maximum Gasteiger partial charge on any atom is 0.104 e. The zero-order valence-electron chi connectivity index (χ0n) is 11.4. The highest BCUT2D eigenvalue weighted by Crippen LogP contribution is 2.29. The Morgan fingerprint density at radius 1 is 1.42 bits per heavy atom. The maximum atomic E-state index is 6.35. The number of nitrogens with zero attached hydrogens (tertiary/aromatic N) is 2. The van der Waals surface area contributed by atoms with E-state index in [1.807, 2.05) is 18.2 Å². The number of halogens is 1. The predicted molar refractivity (Wildman–Crippen MR) is 86.3 cm³/mol. The molecule has 0 unspecified atom stereocenters. The first kappa shape index (κ1) is 14.6. The minimum atomic E-state index is 0.385. The number of hydrogen-bond acceptors (Lipinski definition) is 3. The van der Waals surface area contributed by atoms with Crippen molar-refractivity contribution in [2.75, 3.05) is 32.1 Å². The molecule has 1 aromatic rings. The highest BCUT2D eigenvalue weighted by molar-refractivity contribution is 7.80. The average molecular weight is 298 g/mol. The molecule has 5 heteroatoms. The molecule has 104 valence electrons. The number of rotatable bonds is 3. The third-order valence-corrected chi connectivity index (χ3v) is 4.39. The Kier molecular flexibility index (Phi) is 4.66. The molecule has 2 N–H and O–H groups in total. The minimum Gasteiger partial charge on any atom is -0.389 e. The van der Waals surface area contributed by atoms with Gasteiger partial charge >= 0.3 is 0 Å². The van der Waals surface area contributed by atoms with Gasteiger partial charge in [-0.1, -0.05) is 23.8 Å². The van der Waals surface area contributed by atoms with Gasteiger partial charge in [-0.2, -0.15) is 0 Å². The van der Waals surface area contributed by atoms with Crippen molar-refractivity contribution in [2.24, 2.45) is 5.73 Å². The predicted octanol–water partition coefficient (Wildman–Crippen LogP) is 2.50. The molecule has 0 atom stereocenters. The SMILES string of the molecule is CN1CCC(N(C)c2ccc(C(N)=S)cc2Cl)CC1. The normalized spacial score (nSPS) is 17.4. The third kappa shape index (κ3) is 3.38. The fourth-order valence-electron chi connectivity index (χ4n) is 2.53. The highest BCUT2D eigenvalue weighted by atomic mass is 35.5. The zero-order chi connectivity index (χ0) is 14.0. The van der Waals surface area contributed by atoms with Crippen LogP contribution in [0.3, 0.4) is 0 Å². The first-order valence-electron chi connectivity index (χ1n) is 6.50. The van der Waals surface area contributed by atoms with Gasteiger partial charge in [0.2, 0.25) is 0 Å². The van der Waals surface area contributed by atoms with E-state index in [-0.39, 0.29) is 0 Å². The molecule has 3 nitrogen and oxygen atoms in total. The lowest BCUT2D eigenvalue weighted by Gasteiger charge is -2.36. The largest absolute Gasteiger partial charge is 0.389 e. The number of benzene rings is 1. The summed E-state index contributed by atoms with van der Waals surface area (Å²) < 4.78 is 0. The summed E-state index contributed by atoms with van der Waals surface area (Å²) in [5, 5.41) is 0.715. The molecule has 19 heavy (non-hydrogen) atoms. The lowest BCUT2D eigenvalue weighted by Crippen LogP contribution is -2.42. The van der Waals surface area contributed by atoms with E-state index >= 15 is 0 Å². The second-order valence-electron chi connectivity index (χ2n) is 5.18. The first-order valence-corrected chi connectivity index (χ1v) is 7.28. The van der Waals surface area contributed by atoms with E-state index in [9.17, 15) is 0 Å². The Hall–Kier alpha value is -0.840. The van der Waals surface area contributed by atoms with Crippen molar-refractivity contribution in [3.63, 3.8) is 0 Å². The van der Waals surface area contributed by atoms with Gasteiger partial charge in [-0.05, 0) is 51.2 Å². The molecule has 0 saturated carbocycles. The molecule has 0 spiro atoms. The van der Waals surface area contributed by atoms with E-state index in [0.717, 1.165) is 24.3 Å². The van der Waals surface area contributed by atoms with Crippen LogP contribution >= 0.6 is 23.8 Å². The molecule has 0 bridgehead atoms. The van der Waals surface area contributed by atoms with Gasteiger partial charge < -0.3 is 15.5 Å². The summed E-state index contributed by atoms with van der Waals surface area (Å²) in [5.41, 5.74) is 7.49. The lowest BCUT2D eigenvalue weighted by molar-refractivity contribution is 0.253. The van der Waals surface area contributed by atoms with Crippen molar-refractivity contribution >= 4 is 34.5 Å². The molecule has 1 aliphatic rings. The first-order chi connectivity index (χ1) is 8.99. The van der Waals surface area contributed by atoms with Crippen molar-refractivity contribution in [1.82, 2.24) is 4.90 Å². The number of likely N-dealkylation sites (tertiary alicyclic amines) is 1. The smallest absolute Gasteiger partial charge is 0.104 e. The van der Waals surface area contributed by atoms with Gasteiger partial charge in [0.25, 0.3) is 0 Å². The molecule has 2 rings (SSSR count). The molecular weight excluding hydrogens is 278 g/mol. The van der Waals surface area contributed by atoms with Crippen LogP contribution in [0.25, 0.3) is 0 Å². The molecule has 0 amide bonds. The van der Waals surface area contributed by atoms with Gasteiger partial charge in [0.1, 0.15) is 4.99 Å². The van der Waals surface area contributed by atoms with E-state index < -0.39 is 0 Å². The maximum absolute atomic E-state index is 6.35. The van der Waals surface area contributed by atoms with Crippen LogP contribution in [-0.4, -0.2) is 43.1 Å². The van der Waals surface area contributed by atoms with Crippen LogP contribution in [0.15, 0.2) is 18.2 Å². The molecule has 0 aliphatic carbocycles. The van der Waals surface area contributed by atoms with Crippen molar-refractivity contribution in [3.05, 3.63) is 28.8 Å². The Balaban J connectivity index is 2.15. The van der Waals surface area contributed by atoms with Crippen molar-refractivity contribution < 1.29 is 0 Å². The molecular formula is C14H20ClN3S. The van der Waals surface area contributed by atoms with Crippen LogP contribution in [0.5, 0.6) is 0 Å². The van der Waals surface area contributed by atoms with E-state index in [1.54, 1.807) is 0 Å². The number of anilines is 1. The van der Waals surface area contributed by atoms with Gasteiger partial charge in [0.15, 0.2) is 0 Å². The van der Waals surface area contributed by atoms with Crippen LogP contribution < -0.4 is 10.6 Å². The van der Waals surface area contributed by atoms with Crippen LogP contribution in [0.1, 0.15) is 18.4 Å². The van der Waals surface area contributed by atoms with Crippen molar-refractivity contribution in [1.29, 1.82) is 0 Å². The van der Waals surface area contributed by atoms with Crippen molar-refractivity contribution in [2.45, 2.75) is 18.9 Å². The molecule has 1 fully saturated rings. The van der Waals surface area contributed by atoms with Gasteiger partial charge in [-0.3, -0.25) is 0 Å². The van der Waals surface area contributed by atoms with Gasteiger partial charge in [0, 0.05) is 18.7 Å². The third-order valence-electron chi connectivity index (χ3n) is 3.85. The number of thiocarbonyl (C=S) groups is 1. The Labute approximate surface area is 125 Å². The second-order valence-corrected chi connectivity index (χ2v) is 6.02. The summed E-state index contributed by atoms with van der Waals surface area (Å²) in [6.07, 6.45) is 2.33. The van der Waals surface area contributed by atoms with Crippen LogP contribution in [0.4, 0.5) is 5.69 Å². The molecule has 1 saturated heterocycles. The quantitative estimate of drug-likeness (QED) is 0.869. The molecule has 0 aromatic heterocycles. The van der Waals surface area contributed by atoms with E-state index in [2.05, 4.69) is 23.9 Å². The highest BCUT2D eigenvalue weighted by Gasteiger charge is 2.22. The Morgan fingerprint density at radius 3 is 2.58 bits per heavy atom. The summed E-state index contributed by atoms with van der Waals surface area (Å²) >= 11 is 11.3. The van der Waals surface area contributed by atoms with Gasteiger partial charge in [-0.15, -0.1) is 0 Å². The van der Waals surface area contributed by atoms with Crippen LogP contribution in [-0.2, 0) is 0 Å². The van der Waals surface area contributed by atoms with Gasteiger partial charge in [-0.25, -0.2) is 0 Å².